The molecule has 1 aliphatic heterocycles. The highest BCUT2D eigenvalue weighted by atomic mass is 16.5. The van der Waals surface area contributed by atoms with E-state index in [1.54, 1.807) is 6.07 Å². The van der Waals surface area contributed by atoms with Crippen LogP contribution in [0.3, 0.4) is 0 Å². The first-order valence-electron chi connectivity index (χ1n) is 17.2. The van der Waals surface area contributed by atoms with Crippen molar-refractivity contribution < 1.29 is 14.2 Å². The van der Waals surface area contributed by atoms with Crippen LogP contribution < -0.4 is 20.9 Å². The minimum Gasteiger partial charge on any atom is -0.490 e. The van der Waals surface area contributed by atoms with Crippen molar-refractivity contribution in [1.29, 1.82) is 5.26 Å². The molecule has 1 fully saturated rings. The fraction of sp³-hybridized carbons (Fsp3) is 0.568. The second-order valence-corrected chi connectivity index (χ2v) is 10.5. The zero-order chi connectivity index (χ0) is 35.3. The maximum atomic E-state index is 9.49. The Balaban J connectivity index is 0.00000211. The number of rotatable bonds is 17. The quantitative estimate of drug-likeness (QED) is 0.0992. The number of hydrogen-bond donors (Lipinski definition) is 2. The van der Waals surface area contributed by atoms with Gasteiger partial charge < -0.3 is 25.7 Å². The number of unbranched alkanes of at least 4 members (excludes halogenated alkanes) is 2. The van der Waals surface area contributed by atoms with Crippen LogP contribution >= 0.6 is 0 Å². The number of ether oxygens (including phenoxy) is 3. The summed E-state index contributed by atoms with van der Waals surface area (Å²) >= 11 is 0. The maximum Gasteiger partial charge on any atom is 0.259 e. The lowest BCUT2D eigenvalue weighted by molar-refractivity contribution is -0.0403. The molecule has 2 heterocycles. The second-order valence-electron chi connectivity index (χ2n) is 10.5. The largest absolute Gasteiger partial charge is 0.490 e. The summed E-state index contributed by atoms with van der Waals surface area (Å²) in [6.45, 7) is 20.8. The van der Waals surface area contributed by atoms with E-state index in [0.29, 0.717) is 54.6 Å². The van der Waals surface area contributed by atoms with E-state index in [2.05, 4.69) is 51.1 Å². The van der Waals surface area contributed by atoms with Gasteiger partial charge >= 0.3 is 0 Å². The Hall–Kier alpha value is -4.10. The Labute approximate surface area is 284 Å². The van der Waals surface area contributed by atoms with E-state index in [-0.39, 0.29) is 0 Å². The number of nitriles is 1. The number of hydrogen-bond acceptors (Lipinski definition) is 8. The zero-order valence-electron chi connectivity index (χ0n) is 30.1. The molecule has 0 amide bonds. The van der Waals surface area contributed by atoms with Crippen LogP contribution in [0.2, 0.25) is 0 Å². The predicted molar refractivity (Wildman–Crippen MR) is 198 cm³/mol. The monoisotopic (exact) mass is 651 g/mol. The van der Waals surface area contributed by atoms with Crippen LogP contribution in [0.4, 0.5) is 5.69 Å². The Morgan fingerprint density at radius 1 is 1.15 bits per heavy atom. The minimum atomic E-state index is 0.310. The molecule has 10 nitrogen and oxygen atoms in total. The van der Waals surface area contributed by atoms with Crippen molar-refractivity contribution in [3.05, 3.63) is 54.4 Å². The van der Waals surface area contributed by atoms with Gasteiger partial charge in [0.1, 0.15) is 24.1 Å². The number of nitrogens with zero attached hydrogens (tertiary/aromatic N) is 5. The molecule has 1 unspecified atom stereocenters. The number of benzene rings is 1. The molecular weight excluding hydrogens is 590 g/mol. The molecule has 0 saturated carbocycles. The summed E-state index contributed by atoms with van der Waals surface area (Å²) in [6, 6.07) is 7.99. The molecule has 4 N–H and O–H groups in total. The number of aliphatic imine (C=N–C) groups is 2. The lowest BCUT2D eigenvalue weighted by Crippen LogP contribution is -2.28. The molecule has 0 radical (unpaired) electrons. The molecular formula is C37H61N7O3. The van der Waals surface area contributed by atoms with E-state index in [1.165, 1.54) is 25.4 Å². The van der Waals surface area contributed by atoms with Gasteiger partial charge in [0.2, 0.25) is 0 Å². The molecule has 1 aliphatic rings. The molecule has 1 atom stereocenters. The van der Waals surface area contributed by atoms with Crippen LogP contribution in [0, 0.1) is 17.2 Å². The van der Waals surface area contributed by atoms with Gasteiger partial charge in [0, 0.05) is 12.1 Å². The van der Waals surface area contributed by atoms with Crippen molar-refractivity contribution in [3.63, 3.8) is 0 Å². The topological polar surface area (TPSA) is 146 Å². The van der Waals surface area contributed by atoms with Gasteiger partial charge in [-0.25, -0.2) is 4.99 Å². The van der Waals surface area contributed by atoms with Gasteiger partial charge in [0.25, 0.3) is 5.88 Å². The Kier molecular flexibility index (Phi) is 25.7. The van der Waals surface area contributed by atoms with Crippen LogP contribution in [0.15, 0.2) is 53.2 Å². The Morgan fingerprint density at radius 3 is 2.38 bits per heavy atom. The zero-order valence-corrected chi connectivity index (χ0v) is 30.1. The SMILES string of the molecule is C/C=C(\C=Nc1cn(C(CC)CCCC)nc1OCCC1COC1)c1ccc(C#N)c(OCCN=CN)c1.C=CN.CC.CCCC. The summed E-state index contributed by atoms with van der Waals surface area (Å²) in [5.41, 5.74) is 12.9. The molecule has 1 aromatic heterocycles. The molecule has 1 saturated heterocycles. The fourth-order valence-corrected chi connectivity index (χ4v) is 4.13. The highest BCUT2D eigenvalue weighted by Gasteiger charge is 2.20. The Bertz CT molecular complexity index is 1230. The molecule has 2 aromatic rings. The standard InChI is InChI=1S/C29H40N6O3.C4H10.C2H5N.C2H6/c1-4-7-8-26(6-3)35-18-27(29(34-35)38-13-11-22-19-36-20-22)33-17-23(5-2)24-9-10-25(16-30)28(15-24)37-14-12-32-21-31;1-3-4-2;1-2-3;1-2/h5,9-10,15,17-18,21-22,26H,4,6-8,11-14,19-20H2,1-3H3,(H2,31,32);3-4H2,1-2H3;2H,1,3H2;1-2H3/b23-5+,33-17?;;;. The van der Waals surface area contributed by atoms with E-state index in [9.17, 15) is 5.26 Å². The van der Waals surface area contributed by atoms with Crippen LogP contribution in [0.25, 0.3) is 5.57 Å². The third-order valence-electron chi connectivity index (χ3n) is 7.06. The smallest absolute Gasteiger partial charge is 0.259 e. The fourth-order valence-electron chi connectivity index (χ4n) is 4.13. The molecule has 10 heteroatoms. The second kappa shape index (κ2) is 28.1. The van der Waals surface area contributed by atoms with Gasteiger partial charge in [0.15, 0.2) is 0 Å². The van der Waals surface area contributed by atoms with Crippen molar-refractivity contribution in [2.75, 3.05) is 33.0 Å². The van der Waals surface area contributed by atoms with E-state index in [1.807, 2.05) is 56.1 Å². The van der Waals surface area contributed by atoms with Crippen molar-refractivity contribution in [2.24, 2.45) is 27.4 Å². The van der Waals surface area contributed by atoms with Gasteiger partial charge in [-0.15, -0.1) is 5.10 Å². The Morgan fingerprint density at radius 2 is 1.85 bits per heavy atom. The lowest BCUT2D eigenvalue weighted by Gasteiger charge is -2.25. The molecule has 1 aromatic carbocycles. The van der Waals surface area contributed by atoms with Crippen LogP contribution in [-0.2, 0) is 4.74 Å². The normalized spacial score (nSPS) is 13.2. The highest BCUT2D eigenvalue weighted by molar-refractivity contribution is 6.10. The van der Waals surface area contributed by atoms with Gasteiger partial charge in [0.05, 0.1) is 50.5 Å². The van der Waals surface area contributed by atoms with Crippen LogP contribution in [0.1, 0.15) is 111 Å². The summed E-state index contributed by atoms with van der Waals surface area (Å²) in [5, 5.41) is 14.3. The van der Waals surface area contributed by atoms with Gasteiger partial charge in [-0.1, -0.05) is 85.9 Å². The molecule has 3 rings (SSSR count). The average molecular weight is 652 g/mol. The van der Waals surface area contributed by atoms with E-state index >= 15 is 0 Å². The van der Waals surface area contributed by atoms with Crippen LogP contribution in [0.5, 0.6) is 11.6 Å². The predicted octanol–water partition coefficient (Wildman–Crippen LogP) is 8.40. The van der Waals surface area contributed by atoms with Gasteiger partial charge in [-0.3, -0.25) is 9.67 Å². The summed E-state index contributed by atoms with van der Waals surface area (Å²) in [5.74, 6) is 1.61. The molecule has 262 valence electrons. The number of allylic oxidation sites excluding steroid dienone is 2. The van der Waals surface area contributed by atoms with Crippen molar-refractivity contribution in [1.82, 2.24) is 9.78 Å². The summed E-state index contributed by atoms with van der Waals surface area (Å²) in [6.07, 6.45) is 16.2. The number of aromatic nitrogens is 2. The third kappa shape index (κ3) is 16.9. The number of nitrogens with two attached hydrogens (primary N) is 2. The van der Waals surface area contributed by atoms with E-state index in [4.69, 9.17) is 30.0 Å². The van der Waals surface area contributed by atoms with Crippen LogP contribution in [-0.4, -0.2) is 55.3 Å². The molecule has 0 spiro atoms. The third-order valence-corrected chi connectivity index (χ3v) is 7.06. The highest BCUT2D eigenvalue weighted by Crippen LogP contribution is 2.31. The van der Waals surface area contributed by atoms with E-state index in [0.717, 1.165) is 56.5 Å². The first-order valence-corrected chi connectivity index (χ1v) is 17.2. The van der Waals surface area contributed by atoms with Gasteiger partial charge in [-0.05, 0) is 55.7 Å². The van der Waals surface area contributed by atoms with Crippen molar-refractivity contribution in [2.45, 2.75) is 99.5 Å². The van der Waals surface area contributed by atoms with Gasteiger partial charge in [-0.2, -0.15) is 5.26 Å². The first kappa shape index (κ1) is 42.9. The molecule has 0 bridgehead atoms. The summed E-state index contributed by atoms with van der Waals surface area (Å²) in [4.78, 5) is 8.75. The average Bonchev–Trinajstić information content (AvgIpc) is 3.48. The maximum absolute atomic E-state index is 9.49. The van der Waals surface area contributed by atoms with Crippen molar-refractivity contribution in [3.8, 4) is 17.7 Å². The van der Waals surface area contributed by atoms with E-state index < -0.39 is 0 Å². The summed E-state index contributed by atoms with van der Waals surface area (Å²) < 4.78 is 19.2. The van der Waals surface area contributed by atoms with Crippen molar-refractivity contribution >= 4 is 23.8 Å². The first-order chi connectivity index (χ1) is 23.0. The lowest BCUT2D eigenvalue weighted by atomic mass is 10.0. The summed E-state index contributed by atoms with van der Waals surface area (Å²) in [7, 11) is 0. The molecule has 47 heavy (non-hydrogen) atoms. The molecule has 0 aliphatic carbocycles. The minimum absolute atomic E-state index is 0.310.